The minimum Gasteiger partial charge on any atom is -0.493 e. The van der Waals surface area contributed by atoms with E-state index in [1.54, 1.807) is 52.0 Å². The lowest BCUT2D eigenvalue weighted by Crippen LogP contribution is -2.34. The molecule has 1 amide bonds. The summed E-state index contributed by atoms with van der Waals surface area (Å²) in [5.41, 5.74) is -0.107. The average molecular weight is 695 g/mol. The summed E-state index contributed by atoms with van der Waals surface area (Å²) < 4.78 is 77.6. The van der Waals surface area contributed by atoms with Crippen molar-refractivity contribution in [1.29, 1.82) is 0 Å². The van der Waals surface area contributed by atoms with E-state index in [0.29, 0.717) is 5.56 Å². The third kappa shape index (κ3) is 8.47. The first-order valence-electron chi connectivity index (χ1n) is 14.3. The number of Topliss-reactive ketones (excluding diaryl/α,β-unsaturated/α-hetero) is 1. The number of amides is 1. The van der Waals surface area contributed by atoms with Crippen molar-refractivity contribution in [2.24, 2.45) is 5.41 Å². The number of alkyl halides is 5. The summed E-state index contributed by atoms with van der Waals surface area (Å²) in [6.45, 7) is 6.20. The largest absolute Gasteiger partial charge is 0.493 e. The highest BCUT2D eigenvalue weighted by molar-refractivity contribution is 9.10. The van der Waals surface area contributed by atoms with Crippen LogP contribution in [0, 0.1) is 5.41 Å². The summed E-state index contributed by atoms with van der Waals surface area (Å²) in [6, 6.07) is 13.6. The van der Waals surface area contributed by atoms with Gasteiger partial charge >= 0.3 is 6.18 Å². The second kappa shape index (κ2) is 13.7. The van der Waals surface area contributed by atoms with Gasteiger partial charge in [-0.2, -0.15) is 13.2 Å². The SMILES string of the molecule is CCOc1cc2c(cc1C(=O)Cc1ccc(Br)cc1)nc(Cc1cc(CNC(=O)C(C)(C)C)ccc1C(F)(F)F)n2CC(F)F. The normalized spacial score (nSPS) is 12.2. The maximum absolute atomic E-state index is 14.1. The number of ketones is 1. The number of imidazole rings is 1. The van der Waals surface area contributed by atoms with Crippen LogP contribution in [0.5, 0.6) is 5.75 Å². The maximum Gasteiger partial charge on any atom is 0.416 e. The van der Waals surface area contributed by atoms with Crippen molar-refractivity contribution in [3.63, 3.8) is 0 Å². The van der Waals surface area contributed by atoms with Crippen LogP contribution in [-0.2, 0) is 36.9 Å². The molecule has 4 aromatic rings. The van der Waals surface area contributed by atoms with Crippen LogP contribution in [0.1, 0.15) is 66.1 Å². The zero-order valence-corrected chi connectivity index (χ0v) is 26.8. The fourth-order valence-electron chi connectivity index (χ4n) is 4.85. The highest BCUT2D eigenvalue weighted by atomic mass is 79.9. The molecule has 45 heavy (non-hydrogen) atoms. The average Bonchev–Trinajstić information content (AvgIpc) is 3.26. The summed E-state index contributed by atoms with van der Waals surface area (Å²) >= 11 is 3.36. The fourth-order valence-corrected chi connectivity index (χ4v) is 5.12. The molecule has 0 aliphatic carbocycles. The molecule has 0 saturated carbocycles. The molecule has 0 saturated heterocycles. The van der Waals surface area contributed by atoms with Crippen molar-refractivity contribution >= 4 is 38.7 Å². The first kappa shape index (κ1) is 34.1. The third-order valence-electron chi connectivity index (χ3n) is 7.09. The zero-order valence-electron chi connectivity index (χ0n) is 25.2. The van der Waals surface area contributed by atoms with E-state index in [-0.39, 0.29) is 65.0 Å². The molecule has 0 aliphatic rings. The number of rotatable bonds is 11. The lowest BCUT2D eigenvalue weighted by Gasteiger charge is -2.19. The Morgan fingerprint density at radius 1 is 1.00 bits per heavy atom. The smallest absolute Gasteiger partial charge is 0.416 e. The summed E-state index contributed by atoms with van der Waals surface area (Å²) in [6.07, 6.45) is -7.95. The number of hydrogen-bond donors (Lipinski definition) is 1. The number of carbonyl (C=O) groups excluding carboxylic acids is 2. The molecule has 0 radical (unpaired) electrons. The number of nitrogens with one attached hydrogen (secondary N) is 1. The van der Waals surface area contributed by atoms with Gasteiger partial charge in [0, 0.05) is 35.3 Å². The molecule has 1 N–H and O–H groups in total. The van der Waals surface area contributed by atoms with Crippen molar-refractivity contribution < 1.29 is 36.3 Å². The highest BCUT2D eigenvalue weighted by Crippen LogP contribution is 2.35. The van der Waals surface area contributed by atoms with Crippen molar-refractivity contribution in [3.8, 4) is 5.75 Å². The van der Waals surface area contributed by atoms with Gasteiger partial charge in [0.2, 0.25) is 5.91 Å². The van der Waals surface area contributed by atoms with Gasteiger partial charge in [0.25, 0.3) is 6.43 Å². The lowest BCUT2D eigenvalue weighted by atomic mass is 9.95. The molecule has 6 nitrogen and oxygen atoms in total. The van der Waals surface area contributed by atoms with Gasteiger partial charge in [-0.25, -0.2) is 13.8 Å². The van der Waals surface area contributed by atoms with E-state index < -0.39 is 36.5 Å². The number of hydrogen-bond acceptors (Lipinski definition) is 4. The Labute approximate surface area is 266 Å². The standard InChI is InChI=1S/C33H33BrF5N3O3/c1-5-45-28-16-26-25(15-23(28)27(43)13-19-6-9-22(34)10-7-19)41-30(42(26)18-29(35)36)14-21-12-20(8-11-24(21)33(37,38)39)17-40-31(44)32(2,3)4/h6-12,15-16,29H,5,13-14,17-18H2,1-4H3,(H,40,44). The maximum atomic E-state index is 14.1. The monoisotopic (exact) mass is 693 g/mol. The Morgan fingerprint density at radius 2 is 1.67 bits per heavy atom. The molecule has 12 heteroatoms. The third-order valence-corrected chi connectivity index (χ3v) is 7.61. The predicted molar refractivity (Wildman–Crippen MR) is 165 cm³/mol. The van der Waals surface area contributed by atoms with E-state index in [9.17, 15) is 31.5 Å². The quantitative estimate of drug-likeness (QED) is 0.127. The molecule has 0 spiro atoms. The number of aromatic nitrogens is 2. The highest BCUT2D eigenvalue weighted by Gasteiger charge is 2.34. The molecule has 0 aliphatic heterocycles. The molecule has 0 bridgehead atoms. The minimum absolute atomic E-state index is 0.0176. The molecule has 4 rings (SSSR count). The summed E-state index contributed by atoms with van der Waals surface area (Å²) in [5.74, 6) is -0.441. The van der Waals surface area contributed by atoms with Crippen molar-refractivity contribution in [2.75, 3.05) is 6.61 Å². The molecular weight excluding hydrogens is 661 g/mol. The fraction of sp³-hybridized carbons (Fsp3) is 0.364. The molecule has 0 unspecified atom stereocenters. The Morgan fingerprint density at radius 3 is 2.27 bits per heavy atom. The van der Waals surface area contributed by atoms with Gasteiger partial charge in [0.15, 0.2) is 5.78 Å². The van der Waals surface area contributed by atoms with Gasteiger partial charge < -0.3 is 14.6 Å². The van der Waals surface area contributed by atoms with Crippen molar-refractivity contribution in [1.82, 2.24) is 14.9 Å². The van der Waals surface area contributed by atoms with Gasteiger partial charge in [0.1, 0.15) is 11.6 Å². The van der Waals surface area contributed by atoms with E-state index in [4.69, 9.17) is 4.74 Å². The van der Waals surface area contributed by atoms with Crippen molar-refractivity contribution in [2.45, 2.75) is 66.2 Å². The van der Waals surface area contributed by atoms with Gasteiger partial charge in [0.05, 0.1) is 35.3 Å². The summed E-state index contributed by atoms with van der Waals surface area (Å²) in [5, 5.41) is 2.71. The van der Waals surface area contributed by atoms with Crippen LogP contribution in [0.15, 0.2) is 59.1 Å². The minimum atomic E-state index is -4.73. The molecule has 3 aromatic carbocycles. The first-order valence-corrected chi connectivity index (χ1v) is 15.0. The second-order valence-electron chi connectivity index (χ2n) is 11.6. The van der Waals surface area contributed by atoms with Gasteiger partial charge in [-0.05, 0) is 47.9 Å². The Kier molecular flexibility index (Phi) is 10.4. The Hall–Kier alpha value is -3.80. The number of benzene rings is 3. The second-order valence-corrected chi connectivity index (χ2v) is 12.5. The van der Waals surface area contributed by atoms with Crippen LogP contribution >= 0.6 is 15.9 Å². The van der Waals surface area contributed by atoms with Gasteiger partial charge in [-0.1, -0.05) is 61.0 Å². The van der Waals surface area contributed by atoms with Crippen LogP contribution in [0.3, 0.4) is 0 Å². The summed E-state index contributed by atoms with van der Waals surface area (Å²) in [4.78, 5) is 30.2. The number of carbonyl (C=O) groups is 2. The Balaban J connectivity index is 1.78. The molecule has 1 aromatic heterocycles. The number of nitrogens with zero attached hydrogens (tertiary/aromatic N) is 2. The van der Waals surface area contributed by atoms with Crippen molar-refractivity contribution in [3.05, 3.63) is 92.7 Å². The van der Waals surface area contributed by atoms with E-state index in [1.165, 1.54) is 28.8 Å². The van der Waals surface area contributed by atoms with Gasteiger partial charge in [-0.3, -0.25) is 9.59 Å². The van der Waals surface area contributed by atoms with E-state index in [2.05, 4.69) is 26.2 Å². The first-order chi connectivity index (χ1) is 21.1. The number of halogens is 6. The molecule has 0 fully saturated rings. The molecule has 1 heterocycles. The van der Waals surface area contributed by atoms with Crippen LogP contribution < -0.4 is 10.1 Å². The molecular formula is C33H33BrF5N3O3. The van der Waals surface area contributed by atoms with Crippen LogP contribution in [0.4, 0.5) is 22.0 Å². The van der Waals surface area contributed by atoms with Crippen LogP contribution in [0.25, 0.3) is 11.0 Å². The van der Waals surface area contributed by atoms with E-state index in [0.717, 1.165) is 16.1 Å². The van der Waals surface area contributed by atoms with Gasteiger partial charge in [-0.15, -0.1) is 0 Å². The topological polar surface area (TPSA) is 73.2 Å². The van der Waals surface area contributed by atoms with Crippen LogP contribution in [0.2, 0.25) is 0 Å². The summed E-state index contributed by atoms with van der Waals surface area (Å²) in [7, 11) is 0. The van der Waals surface area contributed by atoms with Crippen LogP contribution in [-0.4, -0.2) is 34.3 Å². The predicted octanol–water partition coefficient (Wildman–Crippen LogP) is 8.16. The van der Waals surface area contributed by atoms with E-state index in [1.807, 2.05) is 0 Å². The molecule has 240 valence electrons. The lowest BCUT2D eigenvalue weighted by molar-refractivity contribution is -0.138. The number of fused-ring (bicyclic) bond motifs is 1. The molecule has 0 atom stereocenters. The zero-order chi connectivity index (χ0) is 33.1. The van der Waals surface area contributed by atoms with E-state index >= 15 is 0 Å². The number of ether oxygens (including phenoxy) is 1. The Bertz CT molecular complexity index is 1690.